The standard InChI is InChI=1S/C13H13N3O3.2H2O/c14-8-4-1-3-7-11(8)12(15-13(7)19)16-9(17)5-2-6-10(16)18;;/h1,3-4,12H,2,5-6,14H2,(H,15,19);2*1H2. The number of nitrogens with zero attached hydrogens (tertiary/aromatic N) is 1. The first-order valence-corrected chi connectivity index (χ1v) is 6.13. The topological polar surface area (TPSA) is 156 Å². The van der Waals surface area contributed by atoms with Crippen LogP contribution in [0, 0.1) is 0 Å². The van der Waals surface area contributed by atoms with Crippen LogP contribution in [0.15, 0.2) is 18.2 Å². The summed E-state index contributed by atoms with van der Waals surface area (Å²) in [7, 11) is 0. The zero-order valence-corrected chi connectivity index (χ0v) is 11.2. The number of nitrogens with one attached hydrogen (secondary N) is 1. The third-order valence-electron chi connectivity index (χ3n) is 3.50. The second kappa shape index (κ2) is 5.90. The minimum absolute atomic E-state index is 0. The molecule has 0 aliphatic carbocycles. The smallest absolute Gasteiger partial charge is 0.253 e. The van der Waals surface area contributed by atoms with E-state index in [1.54, 1.807) is 18.2 Å². The van der Waals surface area contributed by atoms with Crippen molar-refractivity contribution in [2.75, 3.05) is 5.73 Å². The van der Waals surface area contributed by atoms with Crippen molar-refractivity contribution < 1.29 is 25.3 Å². The quantitative estimate of drug-likeness (QED) is 0.498. The molecule has 3 amide bonds. The fourth-order valence-electron chi connectivity index (χ4n) is 2.61. The molecule has 2 aliphatic rings. The summed E-state index contributed by atoms with van der Waals surface area (Å²) in [4.78, 5) is 36.9. The minimum Gasteiger partial charge on any atom is -0.412 e. The van der Waals surface area contributed by atoms with Crippen molar-refractivity contribution in [3.63, 3.8) is 0 Å². The summed E-state index contributed by atoms with van der Waals surface area (Å²) in [6, 6.07) is 4.97. The summed E-state index contributed by atoms with van der Waals surface area (Å²) < 4.78 is 0. The number of imide groups is 1. The predicted octanol–water partition coefficient (Wildman–Crippen LogP) is -1.10. The number of anilines is 1. The number of carbonyl (C=O) groups excluding carboxylic acids is 3. The molecule has 21 heavy (non-hydrogen) atoms. The molecule has 2 aliphatic heterocycles. The molecular weight excluding hydrogens is 278 g/mol. The average Bonchev–Trinajstić information content (AvgIpc) is 2.68. The lowest BCUT2D eigenvalue weighted by atomic mass is 10.0. The first-order valence-electron chi connectivity index (χ1n) is 6.13. The van der Waals surface area contributed by atoms with Gasteiger partial charge in [0.05, 0.1) is 0 Å². The maximum absolute atomic E-state index is 11.9. The van der Waals surface area contributed by atoms with E-state index in [0.29, 0.717) is 36.1 Å². The van der Waals surface area contributed by atoms with Gasteiger partial charge in [-0.15, -0.1) is 0 Å². The van der Waals surface area contributed by atoms with Gasteiger partial charge in [-0.05, 0) is 18.6 Å². The van der Waals surface area contributed by atoms with Gasteiger partial charge in [-0.1, -0.05) is 6.07 Å². The third kappa shape index (κ3) is 2.46. The Morgan fingerprint density at radius 1 is 1.10 bits per heavy atom. The first kappa shape index (κ1) is 16.6. The number of nitrogens with two attached hydrogens (primary N) is 1. The van der Waals surface area contributed by atoms with Crippen LogP contribution in [0.5, 0.6) is 0 Å². The van der Waals surface area contributed by atoms with Gasteiger partial charge < -0.3 is 22.0 Å². The van der Waals surface area contributed by atoms with Crippen molar-refractivity contribution in [2.24, 2.45) is 0 Å². The molecule has 8 heteroatoms. The van der Waals surface area contributed by atoms with Gasteiger partial charge in [0.2, 0.25) is 11.8 Å². The van der Waals surface area contributed by atoms with Crippen LogP contribution < -0.4 is 11.1 Å². The van der Waals surface area contributed by atoms with Gasteiger partial charge in [-0.3, -0.25) is 19.3 Å². The molecule has 1 aromatic carbocycles. The number of piperidine rings is 1. The number of hydrogen-bond acceptors (Lipinski definition) is 4. The average molecular weight is 295 g/mol. The van der Waals surface area contributed by atoms with Crippen LogP contribution in [-0.4, -0.2) is 33.6 Å². The molecule has 8 nitrogen and oxygen atoms in total. The van der Waals surface area contributed by atoms with Crippen molar-refractivity contribution >= 4 is 23.4 Å². The van der Waals surface area contributed by atoms with E-state index in [4.69, 9.17) is 5.73 Å². The van der Waals surface area contributed by atoms with Gasteiger partial charge in [0.25, 0.3) is 5.91 Å². The largest absolute Gasteiger partial charge is 0.412 e. The zero-order chi connectivity index (χ0) is 13.6. The normalized spacial score (nSPS) is 20.3. The molecule has 0 spiro atoms. The molecule has 2 heterocycles. The molecule has 1 unspecified atom stereocenters. The number of amides is 3. The second-order valence-electron chi connectivity index (χ2n) is 4.70. The Labute approximate surface area is 120 Å². The molecule has 1 aromatic rings. The van der Waals surface area contributed by atoms with Crippen molar-refractivity contribution in [1.29, 1.82) is 0 Å². The number of likely N-dealkylation sites (tertiary alicyclic amines) is 1. The number of rotatable bonds is 1. The molecule has 1 fully saturated rings. The van der Waals surface area contributed by atoms with Crippen LogP contribution in [0.2, 0.25) is 0 Å². The highest BCUT2D eigenvalue weighted by Crippen LogP contribution is 2.34. The molecule has 1 saturated heterocycles. The van der Waals surface area contributed by atoms with Crippen molar-refractivity contribution in [1.82, 2.24) is 10.2 Å². The van der Waals surface area contributed by atoms with E-state index in [2.05, 4.69) is 5.32 Å². The Kier molecular flexibility index (Phi) is 4.66. The number of hydrogen-bond donors (Lipinski definition) is 2. The number of fused-ring (bicyclic) bond motifs is 1. The lowest BCUT2D eigenvalue weighted by Gasteiger charge is -2.31. The van der Waals surface area contributed by atoms with Crippen molar-refractivity contribution in [3.8, 4) is 0 Å². The molecule has 3 rings (SSSR count). The Hall–Kier alpha value is -2.45. The monoisotopic (exact) mass is 295 g/mol. The maximum atomic E-state index is 11.9. The first-order chi connectivity index (χ1) is 9.09. The van der Waals surface area contributed by atoms with E-state index in [1.165, 1.54) is 0 Å². The van der Waals surface area contributed by atoms with Crippen LogP contribution in [-0.2, 0) is 9.59 Å². The summed E-state index contributed by atoms with van der Waals surface area (Å²) in [6.45, 7) is 0. The lowest BCUT2D eigenvalue weighted by Crippen LogP contribution is -2.46. The predicted molar refractivity (Wildman–Crippen MR) is 74.0 cm³/mol. The lowest BCUT2D eigenvalue weighted by molar-refractivity contribution is -0.151. The Morgan fingerprint density at radius 3 is 2.33 bits per heavy atom. The number of nitrogen functional groups attached to an aromatic ring is 1. The Bertz CT molecular complexity index is 585. The molecule has 1 atom stereocenters. The van der Waals surface area contributed by atoms with Gasteiger partial charge in [0.1, 0.15) is 6.17 Å². The zero-order valence-electron chi connectivity index (χ0n) is 11.2. The highest BCUT2D eigenvalue weighted by Gasteiger charge is 2.40. The van der Waals surface area contributed by atoms with Crippen LogP contribution in [0.3, 0.4) is 0 Å². The second-order valence-corrected chi connectivity index (χ2v) is 4.70. The van der Waals surface area contributed by atoms with E-state index in [1.807, 2.05) is 0 Å². The molecule has 0 saturated carbocycles. The van der Waals surface area contributed by atoms with E-state index in [-0.39, 0.29) is 28.7 Å². The van der Waals surface area contributed by atoms with E-state index < -0.39 is 6.17 Å². The molecule has 0 aromatic heterocycles. The maximum Gasteiger partial charge on any atom is 0.253 e. The summed E-state index contributed by atoms with van der Waals surface area (Å²) in [5.41, 5.74) is 7.24. The highest BCUT2D eigenvalue weighted by atomic mass is 16.2. The van der Waals surface area contributed by atoms with Crippen LogP contribution in [0.1, 0.15) is 41.3 Å². The van der Waals surface area contributed by atoms with E-state index >= 15 is 0 Å². The highest BCUT2D eigenvalue weighted by molar-refractivity contribution is 6.04. The molecule has 114 valence electrons. The van der Waals surface area contributed by atoms with Crippen LogP contribution >= 0.6 is 0 Å². The van der Waals surface area contributed by atoms with E-state index in [0.717, 1.165) is 4.90 Å². The summed E-state index contributed by atoms with van der Waals surface area (Å²) in [5.74, 6) is -0.839. The van der Waals surface area contributed by atoms with E-state index in [9.17, 15) is 14.4 Å². The summed E-state index contributed by atoms with van der Waals surface area (Å²) in [5, 5.41) is 2.66. The summed E-state index contributed by atoms with van der Waals surface area (Å²) >= 11 is 0. The molecular formula is C13H17N3O5. The van der Waals surface area contributed by atoms with Crippen molar-refractivity contribution in [2.45, 2.75) is 25.4 Å². The van der Waals surface area contributed by atoms with Gasteiger partial charge in [0, 0.05) is 29.7 Å². The number of benzene rings is 1. The number of carbonyl (C=O) groups is 3. The van der Waals surface area contributed by atoms with Gasteiger partial charge in [-0.2, -0.15) is 0 Å². The van der Waals surface area contributed by atoms with Gasteiger partial charge in [0.15, 0.2) is 0 Å². The van der Waals surface area contributed by atoms with Crippen LogP contribution in [0.4, 0.5) is 5.69 Å². The SMILES string of the molecule is Nc1cccc2c1C(N1C(=O)CCCC1=O)NC2=O.O.O. The van der Waals surface area contributed by atoms with Crippen molar-refractivity contribution in [3.05, 3.63) is 29.3 Å². The Balaban J connectivity index is 0.00000110. The van der Waals surface area contributed by atoms with Crippen LogP contribution in [0.25, 0.3) is 0 Å². The molecule has 0 bridgehead atoms. The minimum atomic E-state index is -0.760. The fraction of sp³-hybridized carbons (Fsp3) is 0.308. The molecule has 7 N–H and O–H groups in total. The fourth-order valence-corrected chi connectivity index (χ4v) is 2.61. The van der Waals surface area contributed by atoms with Gasteiger partial charge in [-0.25, -0.2) is 0 Å². The molecule has 0 radical (unpaired) electrons. The Morgan fingerprint density at radius 2 is 1.71 bits per heavy atom. The third-order valence-corrected chi connectivity index (χ3v) is 3.50. The summed E-state index contributed by atoms with van der Waals surface area (Å²) in [6.07, 6.45) is 0.441. The van der Waals surface area contributed by atoms with Gasteiger partial charge >= 0.3 is 0 Å².